The number of halogens is 3. The molecule has 25 heavy (non-hydrogen) atoms. The molecule has 9 heteroatoms. The van der Waals surface area contributed by atoms with E-state index in [9.17, 15) is 22.8 Å². The number of ether oxygens (including phenoxy) is 2. The molecule has 1 fully saturated rings. The molecule has 1 heterocycles. The lowest BCUT2D eigenvalue weighted by atomic mass is 9.96. The maximum absolute atomic E-state index is 12.9. The lowest BCUT2D eigenvalue weighted by molar-refractivity contribution is -0.188. The van der Waals surface area contributed by atoms with Crippen molar-refractivity contribution in [3.8, 4) is 11.5 Å². The Hall–Kier alpha value is -2.45. The number of rotatable bonds is 6. The van der Waals surface area contributed by atoms with Gasteiger partial charge in [0.05, 0.1) is 18.4 Å². The molecule has 2 atom stereocenters. The fourth-order valence-electron chi connectivity index (χ4n) is 2.62. The van der Waals surface area contributed by atoms with Crippen LogP contribution in [0.5, 0.6) is 11.5 Å². The Morgan fingerprint density at radius 2 is 1.72 bits per heavy atom. The van der Waals surface area contributed by atoms with E-state index < -0.39 is 49.6 Å². The summed E-state index contributed by atoms with van der Waals surface area (Å²) in [6.07, 6.45) is -4.67. The van der Waals surface area contributed by atoms with Gasteiger partial charge in [0.25, 0.3) is 5.91 Å². The Morgan fingerprint density at radius 1 is 1.16 bits per heavy atom. The third-order valence-electron chi connectivity index (χ3n) is 3.91. The van der Waals surface area contributed by atoms with Crippen molar-refractivity contribution in [1.82, 2.24) is 4.90 Å². The second-order valence-electron chi connectivity index (χ2n) is 5.58. The number of carbonyl (C=O) groups is 2. The van der Waals surface area contributed by atoms with Crippen LogP contribution >= 0.6 is 0 Å². The number of hydrogen-bond acceptors (Lipinski definition) is 4. The van der Waals surface area contributed by atoms with Gasteiger partial charge in [-0.1, -0.05) is 0 Å². The fourth-order valence-corrected chi connectivity index (χ4v) is 2.62. The molecule has 0 aromatic heterocycles. The molecule has 1 aliphatic heterocycles. The summed E-state index contributed by atoms with van der Waals surface area (Å²) >= 11 is 0. The maximum Gasteiger partial charge on any atom is 0.394 e. The average molecular weight is 361 g/mol. The topological polar surface area (TPSA) is 76.1 Å². The van der Waals surface area contributed by atoms with Crippen LogP contribution < -0.4 is 9.47 Å². The number of benzene rings is 1. The molecule has 6 nitrogen and oxygen atoms in total. The van der Waals surface area contributed by atoms with Crippen LogP contribution in [0.15, 0.2) is 24.3 Å². The molecule has 0 aliphatic carbocycles. The van der Waals surface area contributed by atoms with E-state index in [0.717, 1.165) is 4.90 Å². The van der Waals surface area contributed by atoms with Gasteiger partial charge in [0.15, 0.2) is 6.61 Å². The van der Waals surface area contributed by atoms with Crippen LogP contribution in [-0.4, -0.2) is 54.4 Å². The minimum absolute atomic E-state index is 0.359. The smallest absolute Gasteiger partial charge is 0.394 e. The Labute approximate surface area is 142 Å². The van der Waals surface area contributed by atoms with Crippen LogP contribution in [0.2, 0.25) is 0 Å². The van der Waals surface area contributed by atoms with E-state index >= 15 is 0 Å². The first kappa shape index (κ1) is 18.9. The van der Waals surface area contributed by atoms with Crippen LogP contribution in [0.1, 0.15) is 6.92 Å². The fraction of sp³-hybridized carbons (Fsp3) is 0.500. The molecule has 0 bridgehead atoms. The molecule has 0 spiro atoms. The highest BCUT2D eigenvalue weighted by atomic mass is 19.4. The van der Waals surface area contributed by atoms with Gasteiger partial charge in [0.2, 0.25) is 0 Å². The van der Waals surface area contributed by atoms with Gasteiger partial charge in [0, 0.05) is 13.1 Å². The van der Waals surface area contributed by atoms with Crippen molar-refractivity contribution in [3.63, 3.8) is 0 Å². The third kappa shape index (κ3) is 4.77. The standard InChI is InChI=1S/C16H18F3NO5/c1-2-24-10-3-5-11(6-4-10)25-9-14(21)20-7-12(15(22)23)13(8-20)16(17,18)19/h3-6,12-13H,2,7-9H2,1H3,(H,22,23)/t12-,13-/m1/s1. The number of carbonyl (C=O) groups excluding carboxylic acids is 1. The van der Waals surface area contributed by atoms with E-state index in [4.69, 9.17) is 14.6 Å². The van der Waals surface area contributed by atoms with E-state index in [1.807, 2.05) is 6.92 Å². The normalized spacial score (nSPS) is 20.4. The first-order valence-corrected chi connectivity index (χ1v) is 7.65. The predicted octanol–water partition coefficient (Wildman–Crippen LogP) is 2.19. The summed E-state index contributed by atoms with van der Waals surface area (Å²) in [5, 5.41) is 8.94. The van der Waals surface area contributed by atoms with Crippen molar-refractivity contribution < 1.29 is 37.3 Å². The van der Waals surface area contributed by atoms with Crippen molar-refractivity contribution in [2.75, 3.05) is 26.3 Å². The van der Waals surface area contributed by atoms with Crippen LogP contribution in [0, 0.1) is 11.8 Å². The Bertz CT molecular complexity index is 617. The van der Waals surface area contributed by atoms with Crippen molar-refractivity contribution in [3.05, 3.63) is 24.3 Å². The number of hydrogen-bond donors (Lipinski definition) is 1. The van der Waals surface area contributed by atoms with Crippen molar-refractivity contribution in [2.24, 2.45) is 11.8 Å². The summed E-state index contributed by atoms with van der Waals surface area (Å²) in [5.74, 6) is -5.00. The highest BCUT2D eigenvalue weighted by Gasteiger charge is 2.53. The maximum atomic E-state index is 12.9. The first-order valence-electron chi connectivity index (χ1n) is 7.65. The zero-order valence-electron chi connectivity index (χ0n) is 13.5. The number of amides is 1. The van der Waals surface area contributed by atoms with Gasteiger partial charge in [-0.3, -0.25) is 9.59 Å². The van der Waals surface area contributed by atoms with Gasteiger partial charge in [-0.25, -0.2) is 0 Å². The van der Waals surface area contributed by atoms with E-state index in [1.54, 1.807) is 24.3 Å². The van der Waals surface area contributed by atoms with E-state index in [0.29, 0.717) is 18.1 Å². The summed E-state index contributed by atoms with van der Waals surface area (Å²) in [5.41, 5.74) is 0. The van der Waals surface area contributed by atoms with E-state index in [2.05, 4.69) is 0 Å². The van der Waals surface area contributed by atoms with Gasteiger partial charge in [0.1, 0.15) is 11.5 Å². The summed E-state index contributed by atoms with van der Waals surface area (Å²) in [6, 6.07) is 6.42. The molecule has 0 radical (unpaired) electrons. The van der Waals surface area contributed by atoms with Gasteiger partial charge in [-0.15, -0.1) is 0 Å². The van der Waals surface area contributed by atoms with Crippen LogP contribution in [0.3, 0.4) is 0 Å². The third-order valence-corrected chi connectivity index (χ3v) is 3.91. The average Bonchev–Trinajstić information content (AvgIpc) is 3.00. The van der Waals surface area contributed by atoms with Gasteiger partial charge in [-0.05, 0) is 31.2 Å². The highest BCUT2D eigenvalue weighted by molar-refractivity contribution is 5.80. The Balaban J connectivity index is 1.93. The number of nitrogens with zero attached hydrogens (tertiary/aromatic N) is 1. The van der Waals surface area contributed by atoms with Crippen LogP contribution in [0.25, 0.3) is 0 Å². The number of carboxylic acid groups (broad SMARTS) is 1. The van der Waals surface area contributed by atoms with Gasteiger partial charge < -0.3 is 19.5 Å². The quantitative estimate of drug-likeness (QED) is 0.841. The zero-order valence-corrected chi connectivity index (χ0v) is 13.5. The van der Waals surface area contributed by atoms with Crippen LogP contribution in [-0.2, 0) is 9.59 Å². The number of alkyl halides is 3. The van der Waals surface area contributed by atoms with Crippen molar-refractivity contribution in [2.45, 2.75) is 13.1 Å². The molecule has 1 aliphatic rings. The van der Waals surface area contributed by atoms with Gasteiger partial charge in [-0.2, -0.15) is 13.2 Å². The summed E-state index contributed by atoms with van der Waals surface area (Å²) < 4.78 is 49.3. The molecule has 1 aromatic carbocycles. The minimum Gasteiger partial charge on any atom is -0.494 e. The van der Waals surface area contributed by atoms with E-state index in [1.165, 1.54) is 0 Å². The summed E-state index contributed by atoms with van der Waals surface area (Å²) in [6.45, 7) is 0.707. The molecule has 0 unspecified atom stereocenters. The molecule has 0 saturated carbocycles. The summed E-state index contributed by atoms with van der Waals surface area (Å²) in [7, 11) is 0. The molecule has 138 valence electrons. The van der Waals surface area contributed by atoms with Gasteiger partial charge >= 0.3 is 12.1 Å². The molecular formula is C16H18F3NO5. The van der Waals surface area contributed by atoms with Crippen molar-refractivity contribution in [1.29, 1.82) is 0 Å². The summed E-state index contributed by atoms with van der Waals surface area (Å²) in [4.78, 5) is 23.9. The SMILES string of the molecule is CCOc1ccc(OCC(=O)N2C[C@@H](C(F)(F)F)[C@H](C(=O)O)C2)cc1. The molecule has 1 N–H and O–H groups in total. The lowest BCUT2D eigenvalue weighted by Gasteiger charge is -2.18. The minimum atomic E-state index is -4.67. The molecule has 1 amide bonds. The Kier molecular flexibility index (Phi) is 5.76. The first-order chi connectivity index (χ1) is 11.7. The zero-order chi connectivity index (χ0) is 18.6. The molecule has 1 saturated heterocycles. The number of carboxylic acids is 1. The number of aliphatic carboxylic acids is 1. The largest absolute Gasteiger partial charge is 0.494 e. The van der Waals surface area contributed by atoms with E-state index in [-0.39, 0.29) is 0 Å². The number of likely N-dealkylation sites (tertiary alicyclic amines) is 1. The van der Waals surface area contributed by atoms with Crippen LogP contribution in [0.4, 0.5) is 13.2 Å². The lowest BCUT2D eigenvalue weighted by Crippen LogP contribution is -2.35. The predicted molar refractivity (Wildman–Crippen MR) is 80.4 cm³/mol. The molecule has 1 aromatic rings. The second-order valence-corrected chi connectivity index (χ2v) is 5.58. The molecule has 2 rings (SSSR count). The highest BCUT2D eigenvalue weighted by Crippen LogP contribution is 2.37. The second kappa shape index (κ2) is 7.62. The molecular weight excluding hydrogens is 343 g/mol. The monoisotopic (exact) mass is 361 g/mol. The Morgan fingerprint density at radius 3 is 2.16 bits per heavy atom. The van der Waals surface area contributed by atoms with Crippen molar-refractivity contribution >= 4 is 11.9 Å².